The Morgan fingerprint density at radius 3 is 2.78 bits per heavy atom. The van der Waals surface area contributed by atoms with E-state index in [1.165, 1.54) is 37.9 Å². The van der Waals surface area contributed by atoms with Crippen molar-refractivity contribution in [3.63, 3.8) is 0 Å². The first-order chi connectivity index (χ1) is 17.2. The zero-order valence-electron chi connectivity index (χ0n) is 21.9. The van der Waals surface area contributed by atoms with Crippen LogP contribution in [0.3, 0.4) is 0 Å². The Morgan fingerprint density at radius 2 is 1.97 bits per heavy atom. The normalized spacial score (nSPS) is 42.1. The van der Waals surface area contributed by atoms with E-state index in [9.17, 15) is 9.90 Å². The third-order valence-electron chi connectivity index (χ3n) is 11.2. The number of aliphatic hydroxyl groups is 1. The molecule has 0 bridgehead atoms. The smallest absolute Gasteiger partial charge is 0.157 e. The molecule has 0 saturated heterocycles. The monoisotopic (exact) mass is 529 g/mol. The number of nitrogens with zero attached hydrogens (tertiary/aromatic N) is 3. The van der Waals surface area contributed by atoms with Gasteiger partial charge in [0.05, 0.1) is 11.1 Å². The standard InChI is InChI=1S/C29H40ClN3O2S/c1-27(35)12-13-29(17-36-3)18(15-27)4-6-20-21-7-8-23(28(21,2)11-10-22(20)29)26(34)16-33-25-9-5-19(30)14-24(25)31-32-33/h5,9,14,18,20-23,35H,4,6-8,10-13,15-17H2,1-3H3/t18-,20+,21+,22+,23-,27-,28+,29-/m1/s1. The first-order valence-electron chi connectivity index (χ1n) is 13.9. The van der Waals surface area contributed by atoms with Crippen LogP contribution in [0.5, 0.6) is 0 Å². The van der Waals surface area contributed by atoms with E-state index < -0.39 is 5.60 Å². The van der Waals surface area contributed by atoms with Crippen molar-refractivity contribution in [2.24, 2.45) is 40.4 Å². The van der Waals surface area contributed by atoms with E-state index in [1.54, 1.807) is 4.68 Å². The minimum atomic E-state index is -0.496. The average Bonchev–Trinajstić information content (AvgIpc) is 3.39. The lowest BCUT2D eigenvalue weighted by Gasteiger charge is -2.62. The third-order valence-corrected chi connectivity index (χ3v) is 12.3. The van der Waals surface area contributed by atoms with Crippen molar-refractivity contribution in [1.29, 1.82) is 0 Å². The fourth-order valence-corrected chi connectivity index (χ4v) is 10.9. The molecule has 2 aromatic rings. The Kier molecular flexibility index (Phi) is 6.28. The number of aromatic nitrogens is 3. The molecule has 0 radical (unpaired) electrons. The number of thioether (sulfide) groups is 1. The van der Waals surface area contributed by atoms with E-state index in [0.29, 0.717) is 34.6 Å². The Hall–Kier alpha value is -1.11. The number of hydrogen-bond acceptors (Lipinski definition) is 5. The highest BCUT2D eigenvalue weighted by molar-refractivity contribution is 7.98. The number of Topliss-reactive ketones (excluding diaryl/α,β-unsaturated/α-hetero) is 1. The van der Waals surface area contributed by atoms with Gasteiger partial charge in [-0.1, -0.05) is 23.7 Å². The number of ketones is 1. The van der Waals surface area contributed by atoms with Crippen LogP contribution in [-0.2, 0) is 11.3 Å². The fraction of sp³-hybridized carbons (Fsp3) is 0.759. The zero-order chi connectivity index (χ0) is 25.3. The molecule has 8 atom stereocenters. The molecule has 4 fully saturated rings. The fourth-order valence-electron chi connectivity index (χ4n) is 9.63. The topological polar surface area (TPSA) is 68.0 Å². The number of halogens is 1. The summed E-state index contributed by atoms with van der Waals surface area (Å²) < 4.78 is 1.77. The molecule has 0 unspecified atom stereocenters. The molecule has 4 aliphatic rings. The lowest BCUT2D eigenvalue weighted by Crippen LogP contribution is -2.58. The molecule has 0 aliphatic heterocycles. The van der Waals surface area contributed by atoms with Gasteiger partial charge >= 0.3 is 0 Å². The van der Waals surface area contributed by atoms with Crippen LogP contribution >= 0.6 is 23.4 Å². The summed E-state index contributed by atoms with van der Waals surface area (Å²) in [5.41, 5.74) is 1.58. The summed E-state index contributed by atoms with van der Waals surface area (Å²) in [4.78, 5) is 13.8. The van der Waals surface area contributed by atoms with Crippen molar-refractivity contribution >= 4 is 40.2 Å². The highest BCUT2D eigenvalue weighted by Crippen LogP contribution is 2.68. The quantitative estimate of drug-likeness (QED) is 0.485. The molecule has 1 aromatic carbocycles. The molecule has 0 spiro atoms. The first-order valence-corrected chi connectivity index (χ1v) is 15.7. The maximum atomic E-state index is 13.8. The average molecular weight is 530 g/mol. The molecule has 0 amide bonds. The highest BCUT2D eigenvalue weighted by Gasteiger charge is 2.62. The van der Waals surface area contributed by atoms with Crippen molar-refractivity contribution in [2.45, 2.75) is 83.8 Å². The molecule has 36 heavy (non-hydrogen) atoms. The summed E-state index contributed by atoms with van der Waals surface area (Å²) in [7, 11) is 0. The third kappa shape index (κ3) is 3.88. The van der Waals surface area contributed by atoms with E-state index in [0.717, 1.165) is 48.6 Å². The predicted octanol–water partition coefficient (Wildman–Crippen LogP) is 6.41. The maximum Gasteiger partial charge on any atom is 0.157 e. The van der Waals surface area contributed by atoms with Crippen LogP contribution in [0.2, 0.25) is 5.02 Å². The number of carbonyl (C=O) groups excluding carboxylic acids is 1. The Balaban J connectivity index is 1.23. The molecular weight excluding hydrogens is 490 g/mol. The van der Waals surface area contributed by atoms with E-state index in [-0.39, 0.29) is 11.3 Å². The van der Waals surface area contributed by atoms with Crippen molar-refractivity contribution in [1.82, 2.24) is 15.0 Å². The summed E-state index contributed by atoms with van der Waals surface area (Å²) in [6.07, 6.45) is 12.4. The summed E-state index contributed by atoms with van der Waals surface area (Å²) in [5, 5.41) is 20.1. The van der Waals surface area contributed by atoms with Gasteiger partial charge in [-0.2, -0.15) is 11.8 Å². The number of carbonyl (C=O) groups is 1. The zero-order valence-corrected chi connectivity index (χ0v) is 23.5. The van der Waals surface area contributed by atoms with Crippen LogP contribution in [-0.4, -0.2) is 43.5 Å². The van der Waals surface area contributed by atoms with Crippen molar-refractivity contribution in [2.75, 3.05) is 12.0 Å². The van der Waals surface area contributed by atoms with E-state index in [1.807, 2.05) is 30.0 Å². The molecule has 4 saturated carbocycles. The van der Waals surface area contributed by atoms with Gasteiger partial charge in [-0.05, 0) is 129 Å². The molecule has 1 N–H and O–H groups in total. The molecule has 7 heteroatoms. The SMILES string of the molecule is CSC[C@]12CC[C@@](C)(O)C[C@H]1CC[C@H]1[C@@H]3CC[C@H](C(=O)Cn4nnc5cc(Cl)ccc54)[C@@]3(C)CC[C@@H]12. The number of fused-ring (bicyclic) bond motifs is 6. The molecule has 196 valence electrons. The second-order valence-corrected chi connectivity index (χ2v) is 14.3. The van der Waals surface area contributed by atoms with Gasteiger partial charge in [0.25, 0.3) is 0 Å². The second kappa shape index (κ2) is 8.98. The van der Waals surface area contributed by atoms with Gasteiger partial charge in [-0.3, -0.25) is 4.79 Å². The summed E-state index contributed by atoms with van der Waals surface area (Å²) in [5.74, 6) is 4.41. The summed E-state index contributed by atoms with van der Waals surface area (Å²) in [6, 6.07) is 5.57. The molecule has 1 aromatic heterocycles. The summed E-state index contributed by atoms with van der Waals surface area (Å²) in [6.45, 7) is 4.79. The van der Waals surface area contributed by atoms with Crippen LogP contribution in [0.1, 0.15) is 71.6 Å². The molecular formula is C29H40ClN3O2S. The van der Waals surface area contributed by atoms with Gasteiger partial charge in [-0.25, -0.2) is 4.68 Å². The van der Waals surface area contributed by atoms with Crippen LogP contribution in [0.15, 0.2) is 18.2 Å². The highest BCUT2D eigenvalue weighted by atomic mass is 35.5. The van der Waals surface area contributed by atoms with E-state index in [4.69, 9.17) is 11.6 Å². The molecule has 1 heterocycles. The number of rotatable bonds is 5. The lowest BCUT2D eigenvalue weighted by atomic mass is 9.44. The maximum absolute atomic E-state index is 13.8. The van der Waals surface area contributed by atoms with Gasteiger partial charge in [0.2, 0.25) is 0 Å². The van der Waals surface area contributed by atoms with Gasteiger partial charge in [0.1, 0.15) is 12.1 Å². The molecule has 5 nitrogen and oxygen atoms in total. The Bertz CT molecular complexity index is 1170. The lowest BCUT2D eigenvalue weighted by molar-refractivity contribution is -0.149. The first kappa shape index (κ1) is 25.2. The van der Waals surface area contributed by atoms with Crippen LogP contribution in [0, 0.1) is 40.4 Å². The van der Waals surface area contributed by atoms with Crippen LogP contribution in [0.25, 0.3) is 11.0 Å². The largest absolute Gasteiger partial charge is 0.390 e. The number of benzene rings is 1. The molecule has 6 rings (SSSR count). The van der Waals surface area contributed by atoms with Gasteiger partial charge in [0.15, 0.2) is 5.78 Å². The van der Waals surface area contributed by atoms with Crippen molar-refractivity contribution in [3.05, 3.63) is 23.2 Å². The van der Waals surface area contributed by atoms with Crippen molar-refractivity contribution < 1.29 is 9.90 Å². The Labute approximate surface area is 224 Å². The number of hydrogen-bond donors (Lipinski definition) is 1. The van der Waals surface area contributed by atoms with Crippen LogP contribution < -0.4 is 0 Å². The minimum Gasteiger partial charge on any atom is -0.390 e. The van der Waals surface area contributed by atoms with E-state index >= 15 is 0 Å². The minimum absolute atomic E-state index is 0.0888. The Morgan fingerprint density at radius 1 is 1.14 bits per heavy atom. The predicted molar refractivity (Wildman–Crippen MR) is 146 cm³/mol. The second-order valence-electron chi connectivity index (χ2n) is 13.0. The van der Waals surface area contributed by atoms with Gasteiger partial charge < -0.3 is 5.11 Å². The van der Waals surface area contributed by atoms with E-state index in [2.05, 4.69) is 30.4 Å². The van der Waals surface area contributed by atoms with Gasteiger partial charge in [0, 0.05) is 10.9 Å². The summed E-state index contributed by atoms with van der Waals surface area (Å²) >= 11 is 8.13. The molecule has 4 aliphatic carbocycles. The van der Waals surface area contributed by atoms with Crippen molar-refractivity contribution in [3.8, 4) is 0 Å². The van der Waals surface area contributed by atoms with Gasteiger partial charge in [-0.15, -0.1) is 5.10 Å². The van der Waals surface area contributed by atoms with Crippen LogP contribution in [0.4, 0.5) is 0 Å².